The summed E-state index contributed by atoms with van der Waals surface area (Å²) in [5.74, 6) is -0.935. The fraction of sp³-hybridized carbons (Fsp3) is 0.381. The average Bonchev–Trinajstić information content (AvgIpc) is 2.75. The van der Waals surface area contributed by atoms with E-state index in [9.17, 15) is 19.3 Å². The highest BCUT2D eigenvalue weighted by molar-refractivity contribution is 6.31. The molecule has 0 aliphatic carbocycles. The quantitative estimate of drug-likeness (QED) is 0.510. The van der Waals surface area contributed by atoms with Crippen LogP contribution in [0.1, 0.15) is 28.9 Å². The molecule has 8 nitrogen and oxygen atoms in total. The molecule has 1 aliphatic rings. The third kappa shape index (κ3) is 5.30. The minimum Gasteiger partial charge on any atom is -0.490 e. The van der Waals surface area contributed by atoms with E-state index in [1.807, 2.05) is 11.8 Å². The number of hydrogen-bond donors (Lipinski definition) is 1. The summed E-state index contributed by atoms with van der Waals surface area (Å²) in [5, 5.41) is 14.3. The van der Waals surface area contributed by atoms with Crippen molar-refractivity contribution in [2.24, 2.45) is 0 Å². The molecule has 2 unspecified atom stereocenters. The Morgan fingerprint density at radius 1 is 1.45 bits per heavy atom. The van der Waals surface area contributed by atoms with Gasteiger partial charge in [-0.3, -0.25) is 19.8 Å². The second-order valence-electron chi connectivity index (χ2n) is 7.18. The first-order valence-corrected chi connectivity index (χ1v) is 10.1. The predicted molar refractivity (Wildman–Crippen MR) is 113 cm³/mol. The largest absolute Gasteiger partial charge is 0.490 e. The van der Waals surface area contributed by atoms with Crippen molar-refractivity contribution in [3.8, 4) is 5.75 Å². The Hall–Kier alpha value is -2.75. The summed E-state index contributed by atoms with van der Waals surface area (Å²) in [6.45, 7) is 3.54. The minimum absolute atomic E-state index is 0.0539. The van der Waals surface area contributed by atoms with Crippen LogP contribution in [0.15, 0.2) is 36.4 Å². The third-order valence-corrected chi connectivity index (χ3v) is 5.47. The second-order valence-corrected chi connectivity index (χ2v) is 7.59. The maximum absolute atomic E-state index is 14.7. The zero-order chi connectivity index (χ0) is 22.5. The number of methoxy groups -OCH3 is 1. The van der Waals surface area contributed by atoms with Crippen molar-refractivity contribution < 1.29 is 23.6 Å². The van der Waals surface area contributed by atoms with Crippen molar-refractivity contribution in [1.29, 1.82) is 0 Å². The predicted octanol–water partition coefficient (Wildman–Crippen LogP) is 3.59. The molecular formula is C21H23ClFN3O5. The highest BCUT2D eigenvalue weighted by atomic mass is 35.5. The number of rotatable bonds is 7. The van der Waals surface area contributed by atoms with Crippen LogP contribution in [-0.4, -0.2) is 55.2 Å². The van der Waals surface area contributed by atoms with E-state index in [1.54, 1.807) is 6.07 Å². The van der Waals surface area contributed by atoms with Gasteiger partial charge in [0.25, 0.3) is 5.91 Å². The lowest BCUT2D eigenvalue weighted by Crippen LogP contribution is -2.47. The SMILES string of the molecule is COc1ccc(C(=O)NCC(c2c(F)cccc2Cl)N2CCOC(C)C2)cc1[N+](=O)[O-]. The number of nitrogens with one attached hydrogen (secondary N) is 1. The van der Waals surface area contributed by atoms with Gasteiger partial charge in [-0.05, 0) is 31.2 Å². The summed E-state index contributed by atoms with van der Waals surface area (Å²) in [4.78, 5) is 25.4. The molecule has 1 aliphatic heterocycles. The number of benzene rings is 2. The van der Waals surface area contributed by atoms with Gasteiger partial charge >= 0.3 is 5.69 Å². The first kappa shape index (κ1) is 22.9. The fourth-order valence-electron chi connectivity index (χ4n) is 3.64. The van der Waals surface area contributed by atoms with Gasteiger partial charge in [-0.1, -0.05) is 17.7 Å². The van der Waals surface area contributed by atoms with Crippen LogP contribution in [0.5, 0.6) is 5.75 Å². The minimum atomic E-state index is -0.618. The van der Waals surface area contributed by atoms with Gasteiger partial charge in [0.1, 0.15) is 5.82 Å². The molecule has 166 valence electrons. The van der Waals surface area contributed by atoms with Crippen LogP contribution < -0.4 is 10.1 Å². The number of nitrogens with zero attached hydrogens (tertiary/aromatic N) is 2. The summed E-state index contributed by atoms with van der Waals surface area (Å²) in [6.07, 6.45) is -0.0539. The normalized spacial score (nSPS) is 17.7. The Morgan fingerprint density at radius 3 is 2.87 bits per heavy atom. The molecule has 10 heteroatoms. The lowest BCUT2D eigenvalue weighted by atomic mass is 10.0. The summed E-state index contributed by atoms with van der Waals surface area (Å²) < 4.78 is 25.2. The van der Waals surface area contributed by atoms with Gasteiger partial charge in [0, 0.05) is 41.9 Å². The lowest BCUT2D eigenvalue weighted by Gasteiger charge is -2.38. The molecule has 0 saturated carbocycles. The third-order valence-electron chi connectivity index (χ3n) is 5.14. The van der Waals surface area contributed by atoms with Crippen molar-refractivity contribution in [3.05, 3.63) is 68.5 Å². The molecule has 31 heavy (non-hydrogen) atoms. The molecule has 1 N–H and O–H groups in total. The average molecular weight is 452 g/mol. The van der Waals surface area contributed by atoms with Crippen LogP contribution in [-0.2, 0) is 4.74 Å². The molecule has 1 fully saturated rings. The van der Waals surface area contributed by atoms with E-state index >= 15 is 0 Å². The molecule has 2 aromatic rings. The highest BCUT2D eigenvalue weighted by Crippen LogP contribution is 2.31. The van der Waals surface area contributed by atoms with E-state index in [2.05, 4.69) is 5.32 Å². The van der Waals surface area contributed by atoms with Crippen LogP contribution in [0, 0.1) is 15.9 Å². The van der Waals surface area contributed by atoms with E-state index in [-0.39, 0.29) is 34.7 Å². The van der Waals surface area contributed by atoms with Gasteiger partial charge in [0.05, 0.1) is 30.8 Å². The van der Waals surface area contributed by atoms with Gasteiger partial charge in [-0.2, -0.15) is 0 Å². The molecule has 1 heterocycles. The van der Waals surface area contributed by atoms with Gasteiger partial charge in [-0.15, -0.1) is 0 Å². The molecule has 0 spiro atoms. The number of carbonyl (C=O) groups is 1. The molecule has 0 radical (unpaired) electrons. The molecular weight excluding hydrogens is 429 g/mol. The van der Waals surface area contributed by atoms with E-state index in [4.69, 9.17) is 21.1 Å². The second kappa shape index (κ2) is 10.0. The topological polar surface area (TPSA) is 93.9 Å². The molecule has 1 saturated heterocycles. The van der Waals surface area contributed by atoms with E-state index in [0.29, 0.717) is 25.3 Å². The maximum atomic E-state index is 14.7. The number of carbonyl (C=O) groups excluding carboxylic acids is 1. The van der Waals surface area contributed by atoms with Gasteiger partial charge in [-0.25, -0.2) is 4.39 Å². The number of hydrogen-bond acceptors (Lipinski definition) is 6. The van der Waals surface area contributed by atoms with Crippen molar-refractivity contribution in [1.82, 2.24) is 10.2 Å². The van der Waals surface area contributed by atoms with Gasteiger partial charge in [0.2, 0.25) is 0 Å². The van der Waals surface area contributed by atoms with Crippen molar-refractivity contribution >= 4 is 23.2 Å². The zero-order valence-corrected chi connectivity index (χ0v) is 17.9. The number of morpholine rings is 1. The van der Waals surface area contributed by atoms with Crippen LogP contribution in [0.2, 0.25) is 5.02 Å². The number of nitro groups is 1. The maximum Gasteiger partial charge on any atom is 0.311 e. The highest BCUT2D eigenvalue weighted by Gasteiger charge is 2.30. The summed E-state index contributed by atoms with van der Waals surface area (Å²) in [5.41, 5.74) is 0.0753. The van der Waals surface area contributed by atoms with Gasteiger partial charge in [0.15, 0.2) is 5.75 Å². The monoisotopic (exact) mass is 451 g/mol. The zero-order valence-electron chi connectivity index (χ0n) is 17.1. The Kier molecular flexibility index (Phi) is 7.42. The van der Waals surface area contributed by atoms with Crippen LogP contribution in [0.25, 0.3) is 0 Å². The van der Waals surface area contributed by atoms with Crippen molar-refractivity contribution in [2.45, 2.75) is 19.1 Å². The van der Waals surface area contributed by atoms with E-state index < -0.39 is 22.7 Å². The standard InChI is InChI=1S/C21H23ClFN3O5/c1-13-12-25(8-9-31-13)18(20-15(22)4-3-5-16(20)23)11-24-21(27)14-6-7-19(30-2)17(10-14)26(28)29/h3-7,10,13,18H,8-9,11-12H2,1-2H3,(H,24,27). The van der Waals surface area contributed by atoms with Crippen LogP contribution >= 0.6 is 11.6 Å². The molecule has 1 amide bonds. The first-order valence-electron chi connectivity index (χ1n) is 9.72. The Balaban J connectivity index is 1.84. The fourth-order valence-corrected chi connectivity index (χ4v) is 3.93. The van der Waals surface area contributed by atoms with Crippen LogP contribution in [0.3, 0.4) is 0 Å². The molecule has 2 aromatic carbocycles. The summed E-state index contributed by atoms with van der Waals surface area (Å²) in [6, 6.07) is 7.87. The Labute approximate surface area is 184 Å². The first-order chi connectivity index (χ1) is 14.8. The summed E-state index contributed by atoms with van der Waals surface area (Å²) in [7, 11) is 1.31. The smallest absolute Gasteiger partial charge is 0.311 e. The number of nitro benzene ring substituents is 1. The molecule has 2 atom stereocenters. The van der Waals surface area contributed by atoms with Crippen molar-refractivity contribution in [3.63, 3.8) is 0 Å². The van der Waals surface area contributed by atoms with Crippen molar-refractivity contribution in [2.75, 3.05) is 33.4 Å². The molecule has 0 bridgehead atoms. The number of halogens is 2. The van der Waals surface area contributed by atoms with E-state index in [1.165, 1.54) is 31.4 Å². The lowest BCUT2D eigenvalue weighted by molar-refractivity contribution is -0.385. The Bertz CT molecular complexity index is 954. The molecule has 0 aromatic heterocycles. The van der Waals surface area contributed by atoms with E-state index in [0.717, 1.165) is 6.07 Å². The number of amides is 1. The van der Waals surface area contributed by atoms with Gasteiger partial charge < -0.3 is 14.8 Å². The molecule has 3 rings (SSSR count). The van der Waals surface area contributed by atoms with Crippen LogP contribution in [0.4, 0.5) is 10.1 Å². The Morgan fingerprint density at radius 2 is 2.23 bits per heavy atom. The number of ether oxygens (including phenoxy) is 2. The summed E-state index contributed by atoms with van der Waals surface area (Å²) >= 11 is 6.30.